The minimum atomic E-state index is -0.315. The van der Waals surface area contributed by atoms with Gasteiger partial charge in [0.2, 0.25) is 10.7 Å². The smallest absolute Gasteiger partial charge is 0.603 e. The number of aromatic nitrogens is 1. The molecule has 0 saturated heterocycles. The predicted octanol–water partition coefficient (Wildman–Crippen LogP) is -0.159. The van der Waals surface area contributed by atoms with Crippen LogP contribution in [0.5, 0.6) is 0 Å². The molecule has 1 heterocycles. The minimum absolute atomic E-state index is 0. The molecular formula is C13H14BrNO2S. The molecule has 0 spiro atoms. The fraction of sp³-hybridized carbons (Fsp3) is 0.231. The first-order valence-corrected chi connectivity index (χ1v) is 6.24. The van der Waals surface area contributed by atoms with Gasteiger partial charge in [0.25, 0.3) is 0 Å². The highest BCUT2D eigenvalue weighted by Crippen LogP contribution is 2.06. The van der Waals surface area contributed by atoms with Crippen LogP contribution in [0.4, 0.5) is 4.79 Å². The van der Waals surface area contributed by atoms with Gasteiger partial charge < -0.3 is 21.7 Å². The van der Waals surface area contributed by atoms with Crippen molar-refractivity contribution < 1.29 is 31.1 Å². The first-order valence-electron chi connectivity index (χ1n) is 5.36. The van der Waals surface area contributed by atoms with Crippen molar-refractivity contribution in [1.82, 2.24) is 0 Å². The Balaban J connectivity index is 0.00000162. The van der Waals surface area contributed by atoms with Crippen molar-refractivity contribution >= 4 is 17.4 Å². The molecule has 0 fully saturated rings. The number of carbonyl (C=O) groups is 1. The van der Waals surface area contributed by atoms with E-state index in [9.17, 15) is 4.79 Å². The largest absolute Gasteiger partial charge is 1.00 e. The van der Waals surface area contributed by atoms with Gasteiger partial charge in [-0.3, -0.25) is 0 Å². The Morgan fingerprint density at radius 1 is 1.28 bits per heavy atom. The van der Waals surface area contributed by atoms with Crippen LogP contribution in [-0.2, 0) is 11.3 Å². The van der Waals surface area contributed by atoms with Gasteiger partial charge in [-0.05, 0) is 5.56 Å². The fourth-order valence-corrected chi connectivity index (χ4v) is 2.35. The van der Waals surface area contributed by atoms with Crippen molar-refractivity contribution in [1.29, 1.82) is 0 Å². The highest BCUT2D eigenvalue weighted by molar-refractivity contribution is 7.09. The van der Waals surface area contributed by atoms with Crippen molar-refractivity contribution in [2.45, 2.75) is 20.5 Å². The topological polar surface area (TPSA) is 30.2 Å². The van der Waals surface area contributed by atoms with E-state index >= 15 is 0 Å². The third kappa shape index (κ3) is 3.40. The molecule has 0 radical (unpaired) electrons. The zero-order valence-corrected chi connectivity index (χ0v) is 12.6. The first-order chi connectivity index (χ1) is 8.18. The molecule has 0 N–H and O–H groups in total. The van der Waals surface area contributed by atoms with Crippen LogP contribution in [0.2, 0.25) is 0 Å². The summed E-state index contributed by atoms with van der Waals surface area (Å²) < 4.78 is 6.86. The standard InChI is InChI=1S/C13H14NO2S.BrH/c1-10-9-17-11(2)14(10)13(15)16-8-12-6-4-3-5-7-12;/h3-7,9H,8H2,1-2H3;1H/q+1;/p-1. The molecule has 2 aromatic rings. The highest BCUT2D eigenvalue weighted by atomic mass is 79.9. The Bertz CT molecular complexity index is 506. The van der Waals surface area contributed by atoms with E-state index in [0.717, 1.165) is 16.3 Å². The molecule has 2 rings (SSSR count). The third-order valence-electron chi connectivity index (χ3n) is 2.46. The Hall–Kier alpha value is -1.20. The average Bonchev–Trinajstić information content (AvgIpc) is 2.67. The Labute approximate surface area is 121 Å². The van der Waals surface area contributed by atoms with E-state index in [1.807, 2.05) is 49.6 Å². The number of carbonyl (C=O) groups excluding carboxylic acids is 1. The molecular weight excluding hydrogens is 314 g/mol. The fourth-order valence-electron chi connectivity index (χ4n) is 1.58. The van der Waals surface area contributed by atoms with Gasteiger partial charge in [0.05, 0.1) is 5.38 Å². The number of hydrogen-bond acceptors (Lipinski definition) is 3. The van der Waals surface area contributed by atoms with Gasteiger partial charge in [-0.15, -0.1) is 0 Å². The summed E-state index contributed by atoms with van der Waals surface area (Å²) in [6, 6.07) is 9.67. The van der Waals surface area contributed by atoms with Crippen molar-refractivity contribution in [3.05, 3.63) is 52.0 Å². The molecule has 0 bridgehead atoms. The highest BCUT2D eigenvalue weighted by Gasteiger charge is 2.24. The molecule has 0 atom stereocenters. The van der Waals surface area contributed by atoms with E-state index < -0.39 is 0 Å². The summed E-state index contributed by atoms with van der Waals surface area (Å²) in [6.07, 6.45) is -0.315. The number of rotatable bonds is 2. The van der Waals surface area contributed by atoms with Crippen LogP contribution in [0.15, 0.2) is 35.7 Å². The summed E-state index contributed by atoms with van der Waals surface area (Å²) in [4.78, 5) is 11.9. The lowest BCUT2D eigenvalue weighted by molar-refractivity contribution is -0.594. The number of halogens is 1. The number of benzene rings is 1. The molecule has 1 aromatic carbocycles. The minimum Gasteiger partial charge on any atom is -1.00 e. The van der Waals surface area contributed by atoms with Crippen molar-refractivity contribution in [3.63, 3.8) is 0 Å². The van der Waals surface area contributed by atoms with E-state index in [1.54, 1.807) is 15.9 Å². The second-order valence-electron chi connectivity index (χ2n) is 3.77. The summed E-state index contributed by atoms with van der Waals surface area (Å²) in [5.41, 5.74) is 1.90. The molecule has 18 heavy (non-hydrogen) atoms. The molecule has 0 saturated carbocycles. The van der Waals surface area contributed by atoms with E-state index in [0.29, 0.717) is 6.61 Å². The van der Waals surface area contributed by atoms with Crippen molar-refractivity contribution in [3.8, 4) is 0 Å². The lowest BCUT2D eigenvalue weighted by atomic mass is 10.2. The lowest BCUT2D eigenvalue weighted by Gasteiger charge is -2.00. The van der Waals surface area contributed by atoms with Crippen LogP contribution in [0.3, 0.4) is 0 Å². The molecule has 96 valence electrons. The zero-order valence-electron chi connectivity index (χ0n) is 10.2. The van der Waals surface area contributed by atoms with Gasteiger partial charge in [-0.2, -0.15) is 4.79 Å². The predicted molar refractivity (Wildman–Crippen MR) is 66.0 cm³/mol. The Kier molecular flexibility index (Phi) is 5.50. The van der Waals surface area contributed by atoms with Crippen LogP contribution in [0, 0.1) is 13.8 Å². The molecule has 0 unspecified atom stereocenters. The van der Waals surface area contributed by atoms with E-state index in [-0.39, 0.29) is 23.1 Å². The van der Waals surface area contributed by atoms with Gasteiger partial charge in [0.1, 0.15) is 6.61 Å². The molecule has 5 heteroatoms. The molecule has 1 aromatic heterocycles. The average molecular weight is 328 g/mol. The van der Waals surface area contributed by atoms with Gasteiger partial charge in [0, 0.05) is 13.8 Å². The van der Waals surface area contributed by atoms with Crippen LogP contribution in [-0.4, -0.2) is 6.09 Å². The maximum atomic E-state index is 11.9. The Morgan fingerprint density at radius 2 is 1.94 bits per heavy atom. The number of ether oxygens (including phenoxy) is 1. The van der Waals surface area contributed by atoms with Crippen molar-refractivity contribution in [2.24, 2.45) is 0 Å². The lowest BCUT2D eigenvalue weighted by Crippen LogP contribution is -3.00. The van der Waals surface area contributed by atoms with Crippen LogP contribution >= 0.6 is 11.3 Å². The SMILES string of the molecule is Cc1csc(C)[n+]1C(=O)OCc1ccccc1.[Br-]. The second-order valence-corrected chi connectivity index (χ2v) is 4.83. The third-order valence-corrected chi connectivity index (χ3v) is 3.44. The number of nitrogens with zero attached hydrogens (tertiary/aromatic N) is 1. The van der Waals surface area contributed by atoms with Gasteiger partial charge >= 0.3 is 6.09 Å². The number of aryl methyl sites for hydroxylation is 2. The number of thiazole rings is 1. The summed E-state index contributed by atoms with van der Waals surface area (Å²) in [5.74, 6) is 0. The van der Waals surface area contributed by atoms with E-state index in [2.05, 4.69) is 0 Å². The van der Waals surface area contributed by atoms with Gasteiger partial charge in [0.15, 0.2) is 0 Å². The normalized spacial score (nSPS) is 9.67. The first kappa shape index (κ1) is 14.9. The van der Waals surface area contributed by atoms with Gasteiger partial charge in [-0.25, -0.2) is 0 Å². The molecule has 0 amide bonds. The monoisotopic (exact) mass is 327 g/mol. The van der Waals surface area contributed by atoms with E-state index in [1.165, 1.54) is 0 Å². The number of hydrogen-bond donors (Lipinski definition) is 0. The Morgan fingerprint density at radius 3 is 2.50 bits per heavy atom. The van der Waals surface area contributed by atoms with Crippen molar-refractivity contribution in [2.75, 3.05) is 0 Å². The summed E-state index contributed by atoms with van der Waals surface area (Å²) in [7, 11) is 0. The molecule has 0 aliphatic heterocycles. The maximum absolute atomic E-state index is 11.9. The zero-order chi connectivity index (χ0) is 12.3. The van der Waals surface area contributed by atoms with Crippen LogP contribution in [0.1, 0.15) is 16.3 Å². The van der Waals surface area contributed by atoms with Gasteiger partial charge in [-0.1, -0.05) is 46.2 Å². The molecule has 0 aliphatic carbocycles. The maximum Gasteiger partial charge on any atom is 0.603 e. The second kappa shape index (κ2) is 6.66. The summed E-state index contributed by atoms with van der Waals surface area (Å²) >= 11 is 1.54. The summed E-state index contributed by atoms with van der Waals surface area (Å²) in [5, 5.41) is 2.87. The quantitative estimate of drug-likeness (QED) is 0.718. The summed E-state index contributed by atoms with van der Waals surface area (Å²) in [6.45, 7) is 4.11. The molecule has 3 nitrogen and oxygen atoms in total. The van der Waals surface area contributed by atoms with E-state index in [4.69, 9.17) is 4.74 Å². The van der Waals surface area contributed by atoms with Crippen LogP contribution in [0.25, 0.3) is 0 Å². The van der Waals surface area contributed by atoms with Crippen LogP contribution < -0.4 is 21.5 Å². The molecule has 0 aliphatic rings.